The van der Waals surface area contributed by atoms with Gasteiger partial charge in [0.2, 0.25) is 5.91 Å². The van der Waals surface area contributed by atoms with Crippen LogP contribution in [0.4, 0.5) is 4.79 Å². The predicted octanol–water partition coefficient (Wildman–Crippen LogP) is 5.37. The molecule has 6 nitrogen and oxygen atoms in total. The quantitative estimate of drug-likeness (QED) is 0.512. The minimum atomic E-state index is -0.193. The average molecular weight is 492 g/mol. The number of halogens is 1. The standard InChI is InChI=1S/C25H34ClN3O3S/c1-17(2)9-12-28(25(31)27-18(3)4)15-24(30)29-13-10-23-21(11-14-33-23)22(29)16-32-20-7-5-19(26)6-8-20/h5-8,11,14,17-18,22H,9-10,12-13,15-16H2,1-4H3,(H,27,31). The van der Waals surface area contributed by atoms with Gasteiger partial charge in [0.1, 0.15) is 18.9 Å². The topological polar surface area (TPSA) is 61.9 Å². The van der Waals surface area contributed by atoms with Crippen LogP contribution in [0.3, 0.4) is 0 Å². The number of carbonyl (C=O) groups excluding carboxylic acids is 2. The maximum Gasteiger partial charge on any atom is 0.318 e. The normalized spacial score (nSPS) is 15.5. The van der Waals surface area contributed by atoms with Gasteiger partial charge in [-0.15, -0.1) is 11.3 Å². The molecule has 1 aromatic carbocycles. The molecular weight excluding hydrogens is 458 g/mol. The minimum Gasteiger partial charge on any atom is -0.491 e. The van der Waals surface area contributed by atoms with Crippen LogP contribution >= 0.6 is 22.9 Å². The molecule has 0 bridgehead atoms. The molecule has 0 aliphatic carbocycles. The fraction of sp³-hybridized carbons (Fsp3) is 0.520. The molecule has 0 saturated heterocycles. The lowest BCUT2D eigenvalue weighted by Gasteiger charge is -2.37. The number of amides is 3. The van der Waals surface area contributed by atoms with Gasteiger partial charge in [-0.1, -0.05) is 25.4 Å². The van der Waals surface area contributed by atoms with Crippen molar-refractivity contribution in [1.82, 2.24) is 15.1 Å². The molecule has 1 aromatic heterocycles. The Labute approximate surface area is 205 Å². The Balaban J connectivity index is 1.74. The Morgan fingerprint density at radius 3 is 2.61 bits per heavy atom. The van der Waals surface area contributed by atoms with E-state index in [1.54, 1.807) is 28.4 Å². The van der Waals surface area contributed by atoms with E-state index in [0.717, 1.165) is 18.4 Å². The molecule has 2 aromatic rings. The fourth-order valence-corrected chi connectivity index (χ4v) is 4.89. The van der Waals surface area contributed by atoms with E-state index >= 15 is 0 Å². The van der Waals surface area contributed by atoms with Crippen molar-refractivity contribution in [3.8, 4) is 5.75 Å². The first-order chi connectivity index (χ1) is 15.7. The van der Waals surface area contributed by atoms with Gasteiger partial charge < -0.3 is 19.9 Å². The van der Waals surface area contributed by atoms with Crippen molar-refractivity contribution in [1.29, 1.82) is 0 Å². The molecule has 0 radical (unpaired) electrons. The van der Waals surface area contributed by atoms with Crippen molar-refractivity contribution in [2.24, 2.45) is 5.92 Å². The summed E-state index contributed by atoms with van der Waals surface area (Å²) < 4.78 is 6.05. The second-order valence-corrected chi connectivity index (χ2v) is 10.6. The summed E-state index contributed by atoms with van der Waals surface area (Å²) in [6.45, 7) is 9.65. The van der Waals surface area contributed by atoms with Gasteiger partial charge in [0.25, 0.3) is 0 Å². The second kappa shape index (κ2) is 11.7. The number of urea groups is 1. The van der Waals surface area contributed by atoms with E-state index in [1.807, 2.05) is 30.9 Å². The highest BCUT2D eigenvalue weighted by Gasteiger charge is 2.33. The number of thiophene rings is 1. The number of benzene rings is 1. The van der Waals surface area contributed by atoms with Crippen LogP contribution in [0.25, 0.3) is 0 Å². The third-order valence-electron chi connectivity index (χ3n) is 5.64. The van der Waals surface area contributed by atoms with Crippen molar-refractivity contribution < 1.29 is 14.3 Å². The number of nitrogens with zero attached hydrogens (tertiary/aromatic N) is 2. The molecule has 33 heavy (non-hydrogen) atoms. The van der Waals surface area contributed by atoms with Crippen LogP contribution in [0.1, 0.15) is 50.6 Å². The molecular formula is C25H34ClN3O3S. The summed E-state index contributed by atoms with van der Waals surface area (Å²) in [5, 5.41) is 5.65. The molecule has 3 amide bonds. The highest BCUT2D eigenvalue weighted by molar-refractivity contribution is 7.10. The molecule has 1 atom stereocenters. The van der Waals surface area contributed by atoms with E-state index in [1.165, 1.54) is 4.88 Å². The lowest BCUT2D eigenvalue weighted by molar-refractivity contribution is -0.135. The molecule has 0 saturated carbocycles. The number of carbonyl (C=O) groups is 2. The lowest BCUT2D eigenvalue weighted by Crippen LogP contribution is -2.51. The fourth-order valence-electron chi connectivity index (χ4n) is 3.84. The summed E-state index contributed by atoms with van der Waals surface area (Å²) in [6.07, 6.45) is 1.66. The zero-order valence-corrected chi connectivity index (χ0v) is 21.4. The summed E-state index contributed by atoms with van der Waals surface area (Å²) in [4.78, 5) is 31.0. The monoisotopic (exact) mass is 491 g/mol. The Morgan fingerprint density at radius 1 is 1.21 bits per heavy atom. The van der Waals surface area contributed by atoms with E-state index in [-0.39, 0.29) is 30.6 Å². The number of hydrogen-bond donors (Lipinski definition) is 1. The van der Waals surface area contributed by atoms with Gasteiger partial charge in [0.05, 0.1) is 6.04 Å². The van der Waals surface area contributed by atoms with Gasteiger partial charge in [-0.2, -0.15) is 0 Å². The molecule has 1 aliphatic rings. The number of fused-ring (bicyclic) bond motifs is 1. The van der Waals surface area contributed by atoms with Gasteiger partial charge in [-0.25, -0.2) is 4.79 Å². The molecule has 1 aliphatic heterocycles. The van der Waals surface area contributed by atoms with Crippen LogP contribution in [0, 0.1) is 5.92 Å². The first-order valence-corrected chi connectivity index (χ1v) is 12.8. The Kier molecular flexibility index (Phi) is 9.03. The first kappa shape index (κ1) is 25.4. The van der Waals surface area contributed by atoms with Crippen LogP contribution in [0.5, 0.6) is 5.75 Å². The molecule has 0 spiro atoms. The minimum absolute atomic E-state index is 0.0121. The van der Waals surface area contributed by atoms with E-state index < -0.39 is 0 Å². The van der Waals surface area contributed by atoms with Crippen molar-refractivity contribution in [3.63, 3.8) is 0 Å². The zero-order valence-electron chi connectivity index (χ0n) is 19.8. The maximum absolute atomic E-state index is 13.5. The number of nitrogens with one attached hydrogen (secondary N) is 1. The van der Waals surface area contributed by atoms with Gasteiger partial charge in [0.15, 0.2) is 0 Å². The van der Waals surface area contributed by atoms with Crippen LogP contribution in [0.2, 0.25) is 5.02 Å². The number of hydrogen-bond acceptors (Lipinski definition) is 4. The third kappa shape index (κ3) is 7.11. The van der Waals surface area contributed by atoms with Crippen LogP contribution in [0.15, 0.2) is 35.7 Å². The Bertz CT molecular complexity index is 929. The van der Waals surface area contributed by atoms with E-state index in [9.17, 15) is 9.59 Å². The van der Waals surface area contributed by atoms with Crippen molar-refractivity contribution >= 4 is 34.9 Å². The highest BCUT2D eigenvalue weighted by Crippen LogP contribution is 2.34. The second-order valence-electron chi connectivity index (χ2n) is 9.13. The SMILES string of the molecule is CC(C)CCN(CC(=O)N1CCc2sccc2C1COc1ccc(Cl)cc1)C(=O)NC(C)C. The largest absolute Gasteiger partial charge is 0.491 e. The average Bonchev–Trinajstić information content (AvgIpc) is 3.24. The van der Waals surface area contributed by atoms with Gasteiger partial charge in [0, 0.05) is 29.0 Å². The van der Waals surface area contributed by atoms with Crippen molar-refractivity contribution in [2.75, 3.05) is 26.2 Å². The number of ether oxygens (including phenoxy) is 1. The van der Waals surface area contributed by atoms with Crippen molar-refractivity contribution in [3.05, 3.63) is 51.2 Å². The number of rotatable bonds is 9. The summed E-state index contributed by atoms with van der Waals surface area (Å²) in [5.41, 5.74) is 1.13. The third-order valence-corrected chi connectivity index (χ3v) is 6.89. The summed E-state index contributed by atoms with van der Waals surface area (Å²) in [7, 11) is 0. The molecule has 3 rings (SSSR count). The van der Waals surface area contributed by atoms with Gasteiger partial charge in [-0.05, 0) is 73.9 Å². The van der Waals surface area contributed by atoms with E-state index in [2.05, 4.69) is 30.6 Å². The Morgan fingerprint density at radius 2 is 1.94 bits per heavy atom. The maximum atomic E-state index is 13.5. The molecule has 1 unspecified atom stereocenters. The summed E-state index contributed by atoms with van der Waals surface area (Å²) >= 11 is 7.70. The van der Waals surface area contributed by atoms with Crippen LogP contribution < -0.4 is 10.1 Å². The van der Waals surface area contributed by atoms with Gasteiger partial charge >= 0.3 is 6.03 Å². The zero-order chi connectivity index (χ0) is 24.0. The van der Waals surface area contributed by atoms with Crippen LogP contribution in [-0.4, -0.2) is 54.0 Å². The molecule has 8 heteroatoms. The molecule has 0 fully saturated rings. The predicted molar refractivity (Wildman–Crippen MR) is 134 cm³/mol. The van der Waals surface area contributed by atoms with Crippen LogP contribution in [-0.2, 0) is 11.2 Å². The molecule has 2 heterocycles. The van der Waals surface area contributed by atoms with Gasteiger partial charge in [-0.3, -0.25) is 4.79 Å². The van der Waals surface area contributed by atoms with Crippen molar-refractivity contribution in [2.45, 2.75) is 52.6 Å². The first-order valence-electron chi connectivity index (χ1n) is 11.5. The van der Waals surface area contributed by atoms with E-state index in [0.29, 0.717) is 36.4 Å². The smallest absolute Gasteiger partial charge is 0.318 e. The Hall–Kier alpha value is -2.25. The van der Waals surface area contributed by atoms with E-state index in [4.69, 9.17) is 16.3 Å². The molecule has 180 valence electrons. The molecule has 1 N–H and O–H groups in total. The summed E-state index contributed by atoms with van der Waals surface area (Å²) in [5.74, 6) is 1.10. The summed E-state index contributed by atoms with van der Waals surface area (Å²) in [6, 6.07) is 8.94. The lowest BCUT2D eigenvalue weighted by atomic mass is 10.0. The highest BCUT2D eigenvalue weighted by atomic mass is 35.5.